The van der Waals surface area contributed by atoms with Gasteiger partial charge in [-0.2, -0.15) is 0 Å². The van der Waals surface area contributed by atoms with Crippen molar-refractivity contribution < 1.29 is 19.1 Å². The van der Waals surface area contributed by atoms with Gasteiger partial charge >= 0.3 is 11.9 Å². The molecule has 0 radical (unpaired) electrons. The maximum atomic E-state index is 11.9. The highest BCUT2D eigenvalue weighted by molar-refractivity contribution is 7.99. The first-order valence-corrected chi connectivity index (χ1v) is 8.91. The SMILES string of the molecule is C=CC(=O)Oc1cc(Sc2ccccc2)c(OC(=O)C=C)c2ccccc12. The summed E-state index contributed by atoms with van der Waals surface area (Å²) in [5, 5.41) is 1.30. The molecular weight excluding hydrogens is 360 g/mol. The van der Waals surface area contributed by atoms with Crippen LogP contribution in [0.4, 0.5) is 0 Å². The molecule has 0 aromatic heterocycles. The van der Waals surface area contributed by atoms with E-state index in [1.165, 1.54) is 11.8 Å². The van der Waals surface area contributed by atoms with Crippen molar-refractivity contribution in [2.75, 3.05) is 0 Å². The number of fused-ring (bicyclic) bond motifs is 1. The van der Waals surface area contributed by atoms with Crippen LogP contribution in [0.25, 0.3) is 10.8 Å². The Labute approximate surface area is 161 Å². The minimum Gasteiger partial charge on any atom is -0.423 e. The van der Waals surface area contributed by atoms with Crippen molar-refractivity contribution in [3.05, 3.63) is 86.0 Å². The zero-order chi connectivity index (χ0) is 19.2. The van der Waals surface area contributed by atoms with Gasteiger partial charge in [-0.1, -0.05) is 67.4 Å². The molecule has 0 unspecified atom stereocenters. The monoisotopic (exact) mass is 376 g/mol. The molecule has 3 aromatic rings. The minimum atomic E-state index is -0.564. The summed E-state index contributed by atoms with van der Waals surface area (Å²) in [7, 11) is 0. The lowest BCUT2D eigenvalue weighted by molar-refractivity contribution is -0.130. The van der Waals surface area contributed by atoms with Crippen molar-refractivity contribution in [2.45, 2.75) is 9.79 Å². The smallest absolute Gasteiger partial charge is 0.335 e. The number of esters is 2. The average molecular weight is 376 g/mol. The van der Waals surface area contributed by atoms with Crippen LogP contribution in [0.3, 0.4) is 0 Å². The molecule has 0 aliphatic rings. The minimum absolute atomic E-state index is 0.368. The lowest BCUT2D eigenvalue weighted by atomic mass is 10.1. The number of carbonyl (C=O) groups excluding carboxylic acids is 2. The van der Waals surface area contributed by atoms with Gasteiger partial charge in [0, 0.05) is 27.8 Å². The molecule has 0 spiro atoms. The largest absolute Gasteiger partial charge is 0.423 e. The van der Waals surface area contributed by atoms with Crippen molar-refractivity contribution in [1.29, 1.82) is 0 Å². The summed E-state index contributed by atoms with van der Waals surface area (Å²) >= 11 is 1.40. The molecule has 134 valence electrons. The molecule has 0 aliphatic heterocycles. The van der Waals surface area contributed by atoms with Crippen LogP contribution in [0.15, 0.2) is 95.8 Å². The van der Waals surface area contributed by atoms with Gasteiger partial charge in [-0.15, -0.1) is 0 Å². The molecule has 0 heterocycles. The molecular formula is C22H16O4S. The van der Waals surface area contributed by atoms with Crippen LogP contribution in [0.5, 0.6) is 11.5 Å². The van der Waals surface area contributed by atoms with E-state index in [0.29, 0.717) is 27.2 Å². The molecule has 4 nitrogen and oxygen atoms in total. The van der Waals surface area contributed by atoms with Gasteiger partial charge in [0.25, 0.3) is 0 Å². The number of benzene rings is 3. The van der Waals surface area contributed by atoms with Crippen LogP contribution >= 0.6 is 11.8 Å². The van der Waals surface area contributed by atoms with Gasteiger partial charge in [0.1, 0.15) is 5.75 Å². The Balaban J connectivity index is 2.20. The molecule has 0 N–H and O–H groups in total. The molecule has 0 saturated carbocycles. The number of carbonyl (C=O) groups is 2. The van der Waals surface area contributed by atoms with E-state index < -0.39 is 11.9 Å². The molecule has 0 bridgehead atoms. The summed E-state index contributed by atoms with van der Waals surface area (Å²) < 4.78 is 10.9. The van der Waals surface area contributed by atoms with Gasteiger partial charge in [-0.05, 0) is 18.2 Å². The lowest BCUT2D eigenvalue weighted by Gasteiger charge is -2.15. The Kier molecular flexibility index (Phi) is 5.74. The van der Waals surface area contributed by atoms with E-state index in [2.05, 4.69) is 13.2 Å². The topological polar surface area (TPSA) is 52.6 Å². The highest BCUT2D eigenvalue weighted by atomic mass is 32.2. The Morgan fingerprint density at radius 2 is 1.41 bits per heavy atom. The van der Waals surface area contributed by atoms with Crippen molar-refractivity contribution in [2.24, 2.45) is 0 Å². The Bertz CT molecular complexity index is 1030. The lowest BCUT2D eigenvalue weighted by Crippen LogP contribution is -2.07. The molecule has 0 aliphatic carbocycles. The van der Waals surface area contributed by atoms with Gasteiger partial charge in [0.05, 0.1) is 4.90 Å². The number of ether oxygens (including phenoxy) is 2. The molecule has 5 heteroatoms. The maximum Gasteiger partial charge on any atom is 0.335 e. The van der Waals surface area contributed by atoms with Gasteiger partial charge < -0.3 is 9.47 Å². The van der Waals surface area contributed by atoms with E-state index in [0.717, 1.165) is 17.0 Å². The zero-order valence-electron chi connectivity index (χ0n) is 14.4. The first-order chi connectivity index (χ1) is 13.1. The normalized spacial score (nSPS) is 10.2. The predicted molar refractivity (Wildman–Crippen MR) is 106 cm³/mol. The molecule has 27 heavy (non-hydrogen) atoms. The molecule has 0 fully saturated rings. The second kappa shape index (κ2) is 8.38. The fraction of sp³-hybridized carbons (Fsp3) is 0. The molecule has 3 rings (SSSR count). The summed E-state index contributed by atoms with van der Waals surface area (Å²) in [5.41, 5.74) is 0. The van der Waals surface area contributed by atoms with Crippen molar-refractivity contribution in [3.63, 3.8) is 0 Å². The van der Waals surface area contributed by atoms with E-state index in [-0.39, 0.29) is 0 Å². The molecule has 0 saturated heterocycles. The highest BCUT2D eigenvalue weighted by Crippen LogP contribution is 2.44. The second-order valence-electron chi connectivity index (χ2n) is 5.41. The highest BCUT2D eigenvalue weighted by Gasteiger charge is 2.18. The van der Waals surface area contributed by atoms with E-state index in [1.54, 1.807) is 18.2 Å². The average Bonchev–Trinajstić information content (AvgIpc) is 2.71. The fourth-order valence-electron chi connectivity index (χ4n) is 2.46. The first kappa shape index (κ1) is 18.5. The summed E-state index contributed by atoms with van der Waals surface area (Å²) in [5.74, 6) is -0.368. The van der Waals surface area contributed by atoms with E-state index in [1.807, 2.05) is 42.5 Å². The van der Waals surface area contributed by atoms with E-state index in [4.69, 9.17) is 9.47 Å². The van der Waals surface area contributed by atoms with Crippen LogP contribution in [-0.2, 0) is 9.59 Å². The Morgan fingerprint density at radius 1 is 0.815 bits per heavy atom. The van der Waals surface area contributed by atoms with Crippen LogP contribution < -0.4 is 9.47 Å². The van der Waals surface area contributed by atoms with Gasteiger partial charge in [-0.25, -0.2) is 9.59 Å². The summed E-state index contributed by atoms with van der Waals surface area (Å²) in [6.07, 6.45) is 2.21. The number of hydrogen-bond donors (Lipinski definition) is 0. The van der Waals surface area contributed by atoms with Crippen LogP contribution in [-0.4, -0.2) is 11.9 Å². The van der Waals surface area contributed by atoms with Crippen molar-refractivity contribution in [1.82, 2.24) is 0 Å². The van der Waals surface area contributed by atoms with E-state index in [9.17, 15) is 9.59 Å². The standard InChI is InChI=1S/C22H16O4S/c1-3-20(23)25-18-14-19(27-15-10-6-5-7-11-15)22(26-21(24)4-2)17-13-9-8-12-16(17)18/h3-14H,1-2H2. The van der Waals surface area contributed by atoms with Gasteiger partial charge in [-0.3, -0.25) is 0 Å². The summed E-state index contributed by atoms with van der Waals surface area (Å²) in [6, 6.07) is 18.6. The number of rotatable bonds is 6. The molecule has 3 aromatic carbocycles. The van der Waals surface area contributed by atoms with Crippen molar-refractivity contribution in [3.8, 4) is 11.5 Å². The van der Waals surface area contributed by atoms with E-state index >= 15 is 0 Å². The Hall–Kier alpha value is -3.31. The second-order valence-corrected chi connectivity index (χ2v) is 6.53. The predicted octanol–water partition coefficient (Wildman–Crippen LogP) is 5.17. The fourth-order valence-corrected chi connectivity index (χ4v) is 3.42. The number of hydrogen-bond acceptors (Lipinski definition) is 5. The van der Waals surface area contributed by atoms with Crippen molar-refractivity contribution >= 4 is 34.5 Å². The quantitative estimate of drug-likeness (QED) is 0.337. The van der Waals surface area contributed by atoms with Crippen LogP contribution in [0, 0.1) is 0 Å². The molecule has 0 amide bonds. The third-order valence-electron chi connectivity index (χ3n) is 3.64. The van der Waals surface area contributed by atoms with Gasteiger partial charge in [0.15, 0.2) is 5.75 Å². The first-order valence-electron chi connectivity index (χ1n) is 8.09. The third-order valence-corrected chi connectivity index (χ3v) is 4.67. The molecule has 0 atom stereocenters. The summed E-state index contributed by atoms with van der Waals surface area (Å²) in [4.78, 5) is 25.2. The summed E-state index contributed by atoms with van der Waals surface area (Å²) in [6.45, 7) is 6.89. The van der Waals surface area contributed by atoms with Crippen LogP contribution in [0.1, 0.15) is 0 Å². The maximum absolute atomic E-state index is 11.9. The van der Waals surface area contributed by atoms with Gasteiger partial charge in [0.2, 0.25) is 0 Å². The Morgan fingerprint density at radius 3 is 2.07 bits per heavy atom. The third kappa shape index (κ3) is 4.27. The van der Waals surface area contributed by atoms with Crippen LogP contribution in [0.2, 0.25) is 0 Å². The zero-order valence-corrected chi connectivity index (χ0v) is 15.2.